The predicted molar refractivity (Wildman–Crippen MR) is 140 cm³/mol. The maximum atomic E-state index is 13.4. The molecule has 3 aliphatic rings. The molecule has 182 valence electrons. The molecule has 0 radical (unpaired) electrons. The number of H-pyrrole nitrogens is 1. The zero-order valence-corrected chi connectivity index (χ0v) is 19.2. The van der Waals surface area contributed by atoms with Crippen molar-refractivity contribution >= 4 is 67.1 Å². The fraction of sp³-hybridized carbons (Fsp3) is 0. The van der Waals surface area contributed by atoms with Crippen LogP contribution < -0.4 is 10.9 Å². The molecule has 0 spiro atoms. The number of carbonyl (C=O) groups is 3. The van der Waals surface area contributed by atoms with Crippen molar-refractivity contribution < 1.29 is 24.6 Å². The highest BCUT2D eigenvalue weighted by atomic mass is 16.4. The topological polar surface area (TPSA) is 162 Å². The first kappa shape index (κ1) is 21.6. The molecule has 8 heterocycles. The van der Waals surface area contributed by atoms with Gasteiger partial charge in [0.25, 0.3) is 11.5 Å². The van der Waals surface area contributed by atoms with Gasteiger partial charge in [0, 0.05) is 21.7 Å². The number of pyridine rings is 2. The summed E-state index contributed by atoms with van der Waals surface area (Å²) in [7, 11) is 0. The Morgan fingerprint density at radius 1 is 0.711 bits per heavy atom. The molecule has 4 N–H and O–H groups in total. The lowest BCUT2D eigenvalue weighted by Crippen LogP contribution is -2.19. The molecule has 3 aliphatic heterocycles. The van der Waals surface area contributed by atoms with Crippen molar-refractivity contribution in [1.82, 2.24) is 15.0 Å². The van der Waals surface area contributed by atoms with Gasteiger partial charge in [-0.25, -0.2) is 19.6 Å². The van der Waals surface area contributed by atoms with Crippen LogP contribution in [0.15, 0.2) is 65.5 Å². The van der Waals surface area contributed by atoms with Gasteiger partial charge in [-0.1, -0.05) is 24.3 Å². The van der Waals surface area contributed by atoms with Crippen LogP contribution in [0.2, 0.25) is 0 Å². The number of hydrogen-bond donors (Lipinski definition) is 4. The lowest BCUT2D eigenvalue weighted by atomic mass is 9.88. The van der Waals surface area contributed by atoms with Crippen LogP contribution in [0.5, 0.6) is 0 Å². The third kappa shape index (κ3) is 2.94. The standard InChI is InChI=1S/C28H14N4O6/c33-25-17-7-1-11-9-13(3-5-15(11)29-17)19-21(27(35)36)23(31-25)20-14-4-6-16-12(10-14)2-8-18(30-16)26(34)32-24(20)22(19)28(37)38/h1-10H,(H,31,33)(H,32,34)(H,35,36)(H,37,38). The quantitative estimate of drug-likeness (QED) is 0.271. The van der Waals surface area contributed by atoms with Crippen LogP contribution in [0.1, 0.15) is 31.2 Å². The number of fused-ring (bicyclic) bond motifs is 4. The van der Waals surface area contributed by atoms with Gasteiger partial charge >= 0.3 is 11.9 Å². The van der Waals surface area contributed by atoms with E-state index in [1.165, 1.54) is 12.1 Å². The highest BCUT2D eigenvalue weighted by Gasteiger charge is 2.31. The number of nitrogens with zero attached hydrogens (tertiary/aromatic N) is 2. The van der Waals surface area contributed by atoms with E-state index in [1.54, 1.807) is 48.5 Å². The second-order valence-electron chi connectivity index (χ2n) is 8.98. The Morgan fingerprint density at radius 2 is 1.37 bits per heavy atom. The number of hydrogen-bond acceptors (Lipinski definition) is 6. The van der Waals surface area contributed by atoms with E-state index >= 15 is 0 Å². The van der Waals surface area contributed by atoms with Crippen LogP contribution in [-0.2, 0) is 0 Å². The molecule has 0 saturated heterocycles. The van der Waals surface area contributed by atoms with E-state index in [9.17, 15) is 29.4 Å². The van der Waals surface area contributed by atoms with Crippen molar-refractivity contribution in [2.75, 3.05) is 5.32 Å². The number of amides is 1. The summed E-state index contributed by atoms with van der Waals surface area (Å²) >= 11 is 0. The Balaban J connectivity index is 1.85. The van der Waals surface area contributed by atoms with E-state index in [0.717, 1.165) is 0 Å². The minimum atomic E-state index is -1.46. The van der Waals surface area contributed by atoms with Crippen molar-refractivity contribution in [3.8, 4) is 11.1 Å². The van der Waals surface area contributed by atoms with E-state index in [0.29, 0.717) is 27.2 Å². The van der Waals surface area contributed by atoms with E-state index in [4.69, 9.17) is 0 Å². The molecule has 0 aliphatic carbocycles. The SMILES string of the molecule is O=C1Nc2c(C(=O)O)c(c(C(=O)O)c3[nH]c(=O)c4ccc5cc(ccc5n4)c23)-c2ccc3nc1ccc3c2. The molecule has 3 aromatic carbocycles. The largest absolute Gasteiger partial charge is 0.478 e. The number of nitrogens with one attached hydrogen (secondary N) is 2. The van der Waals surface area contributed by atoms with Crippen LogP contribution in [0.25, 0.3) is 54.7 Å². The molecule has 11 rings (SSSR count). The number of aromatic amines is 1. The maximum Gasteiger partial charge on any atom is 0.338 e. The molecule has 10 nitrogen and oxygen atoms in total. The van der Waals surface area contributed by atoms with E-state index in [-0.39, 0.29) is 38.9 Å². The number of aromatic carboxylic acids is 2. The molecule has 0 unspecified atom stereocenters. The average Bonchev–Trinajstić information content (AvgIpc) is 2.93. The Bertz CT molecular complexity index is 2170. The zero-order chi connectivity index (χ0) is 26.3. The maximum absolute atomic E-state index is 13.4. The molecule has 0 fully saturated rings. The lowest BCUT2D eigenvalue weighted by molar-refractivity contribution is 0.0696. The smallest absolute Gasteiger partial charge is 0.338 e. The van der Waals surface area contributed by atoms with Gasteiger partial charge in [-0.3, -0.25) is 9.59 Å². The molecule has 8 aromatic rings. The number of carbonyl (C=O) groups excluding carboxylic acids is 1. The molecule has 5 aromatic heterocycles. The molecule has 10 heteroatoms. The summed E-state index contributed by atoms with van der Waals surface area (Å²) in [4.78, 5) is 63.9. The third-order valence-corrected chi connectivity index (χ3v) is 6.83. The predicted octanol–water partition coefficient (Wildman–Crippen LogP) is 4.41. The minimum Gasteiger partial charge on any atom is -0.478 e. The van der Waals surface area contributed by atoms with Crippen LogP contribution in [0.4, 0.5) is 5.69 Å². The summed E-state index contributed by atoms with van der Waals surface area (Å²) in [5.74, 6) is -3.60. The number of rotatable bonds is 2. The zero-order valence-electron chi connectivity index (χ0n) is 19.2. The molecule has 10 bridgehead atoms. The van der Waals surface area contributed by atoms with E-state index < -0.39 is 34.5 Å². The highest BCUT2D eigenvalue weighted by molar-refractivity contribution is 6.26. The molecule has 0 atom stereocenters. The Morgan fingerprint density at radius 3 is 2.16 bits per heavy atom. The molecule has 0 saturated carbocycles. The van der Waals surface area contributed by atoms with Gasteiger partial charge in [-0.05, 0) is 47.3 Å². The number of carboxylic acid groups (broad SMARTS) is 2. The van der Waals surface area contributed by atoms with Gasteiger partial charge in [-0.15, -0.1) is 0 Å². The molecular weight excluding hydrogens is 488 g/mol. The van der Waals surface area contributed by atoms with Crippen LogP contribution >= 0.6 is 0 Å². The molecular formula is C28H14N4O6. The second kappa shape index (κ2) is 7.43. The van der Waals surface area contributed by atoms with Crippen LogP contribution in [-0.4, -0.2) is 43.0 Å². The molecule has 38 heavy (non-hydrogen) atoms. The minimum absolute atomic E-state index is 0.0412. The summed E-state index contributed by atoms with van der Waals surface area (Å²) in [5.41, 5.74) is -0.656. The van der Waals surface area contributed by atoms with Gasteiger partial charge < -0.3 is 20.5 Å². The van der Waals surface area contributed by atoms with Gasteiger partial charge in [0.15, 0.2) is 0 Å². The van der Waals surface area contributed by atoms with Crippen molar-refractivity contribution in [3.63, 3.8) is 0 Å². The Labute approximate surface area is 211 Å². The fourth-order valence-electron chi connectivity index (χ4n) is 5.18. The summed E-state index contributed by atoms with van der Waals surface area (Å²) in [5, 5.41) is 25.3. The number of benzene rings is 3. The van der Waals surface area contributed by atoms with Crippen LogP contribution in [0.3, 0.4) is 0 Å². The number of carboxylic acids is 2. The van der Waals surface area contributed by atoms with Crippen molar-refractivity contribution in [3.05, 3.63) is 87.8 Å². The van der Waals surface area contributed by atoms with E-state index in [1.807, 2.05) is 0 Å². The monoisotopic (exact) mass is 502 g/mol. The highest BCUT2D eigenvalue weighted by Crippen LogP contribution is 2.42. The van der Waals surface area contributed by atoms with Gasteiger partial charge in [0.1, 0.15) is 11.2 Å². The van der Waals surface area contributed by atoms with Gasteiger partial charge in [-0.2, -0.15) is 0 Å². The summed E-state index contributed by atoms with van der Waals surface area (Å²) in [6, 6.07) is 16.1. The first-order valence-corrected chi connectivity index (χ1v) is 11.5. The average molecular weight is 502 g/mol. The second-order valence-corrected chi connectivity index (χ2v) is 8.98. The molecule has 1 amide bonds. The van der Waals surface area contributed by atoms with E-state index in [2.05, 4.69) is 20.3 Å². The number of aromatic nitrogens is 3. The summed E-state index contributed by atoms with van der Waals surface area (Å²) in [6.45, 7) is 0. The Kier molecular flexibility index (Phi) is 4.23. The van der Waals surface area contributed by atoms with Crippen molar-refractivity contribution in [1.29, 1.82) is 0 Å². The third-order valence-electron chi connectivity index (χ3n) is 6.83. The fourth-order valence-corrected chi connectivity index (χ4v) is 5.18. The normalized spacial score (nSPS) is 12.5. The number of anilines is 1. The van der Waals surface area contributed by atoms with Gasteiger partial charge in [0.2, 0.25) is 0 Å². The van der Waals surface area contributed by atoms with Crippen molar-refractivity contribution in [2.24, 2.45) is 0 Å². The Hall–Kier alpha value is -5.64. The van der Waals surface area contributed by atoms with Crippen molar-refractivity contribution in [2.45, 2.75) is 0 Å². The van der Waals surface area contributed by atoms with Gasteiger partial charge in [0.05, 0.1) is 33.4 Å². The first-order valence-electron chi connectivity index (χ1n) is 11.5. The summed E-state index contributed by atoms with van der Waals surface area (Å²) in [6.07, 6.45) is 0. The summed E-state index contributed by atoms with van der Waals surface area (Å²) < 4.78 is 0. The first-order chi connectivity index (χ1) is 18.3. The lowest BCUT2D eigenvalue weighted by Gasteiger charge is -2.19. The van der Waals surface area contributed by atoms with Crippen LogP contribution in [0, 0.1) is 0 Å².